The van der Waals surface area contributed by atoms with E-state index in [9.17, 15) is 8.42 Å². The van der Waals surface area contributed by atoms with E-state index < -0.39 is 10.0 Å². The molecule has 4 nitrogen and oxygen atoms in total. The number of likely N-dealkylation sites (N-methyl/N-ethyl adjacent to an activating group) is 1. The summed E-state index contributed by atoms with van der Waals surface area (Å²) >= 11 is 0. The SMILES string of the molecule is C[N+]1(C)CCN(S(C)(=O)=O)CC1. The minimum absolute atomic E-state index is 0.659. The molecule has 0 amide bonds. The highest BCUT2D eigenvalue weighted by Crippen LogP contribution is 2.08. The van der Waals surface area contributed by atoms with E-state index in [0.717, 1.165) is 17.6 Å². The van der Waals surface area contributed by atoms with Crippen LogP contribution in [0.2, 0.25) is 0 Å². The molecule has 72 valence electrons. The van der Waals surface area contributed by atoms with Crippen LogP contribution in [0.5, 0.6) is 0 Å². The fraction of sp³-hybridized carbons (Fsp3) is 1.00. The summed E-state index contributed by atoms with van der Waals surface area (Å²) in [5.41, 5.74) is 0. The molecule has 1 heterocycles. The summed E-state index contributed by atoms with van der Waals surface area (Å²) in [7, 11) is 1.30. The molecule has 5 heteroatoms. The normalized spacial score (nSPS) is 25.6. The Kier molecular flexibility index (Phi) is 2.47. The molecule has 1 aliphatic heterocycles. The zero-order valence-electron chi connectivity index (χ0n) is 7.95. The monoisotopic (exact) mass is 193 g/mol. The molecule has 0 unspecified atom stereocenters. The lowest BCUT2D eigenvalue weighted by molar-refractivity contribution is -0.893. The lowest BCUT2D eigenvalue weighted by Gasteiger charge is -2.37. The number of hydrogen-bond acceptors (Lipinski definition) is 2. The number of nitrogens with zero attached hydrogens (tertiary/aromatic N) is 2. The van der Waals surface area contributed by atoms with Gasteiger partial charge in [-0.3, -0.25) is 0 Å². The summed E-state index contributed by atoms with van der Waals surface area (Å²) in [6.45, 7) is 3.14. The molecule has 0 bridgehead atoms. The van der Waals surface area contributed by atoms with E-state index in [-0.39, 0.29) is 0 Å². The summed E-state index contributed by atoms with van der Waals surface area (Å²) in [4.78, 5) is 0. The molecule has 0 atom stereocenters. The molecule has 1 aliphatic rings. The third-order valence-electron chi connectivity index (χ3n) is 2.38. The fourth-order valence-corrected chi connectivity index (χ4v) is 2.15. The molecule has 12 heavy (non-hydrogen) atoms. The van der Waals surface area contributed by atoms with Crippen molar-refractivity contribution in [2.75, 3.05) is 46.5 Å². The summed E-state index contributed by atoms with van der Waals surface area (Å²) in [6, 6.07) is 0. The first kappa shape index (κ1) is 9.95. The Labute approximate surface area is 74.4 Å². The van der Waals surface area contributed by atoms with Gasteiger partial charge in [0.2, 0.25) is 10.0 Å². The van der Waals surface area contributed by atoms with Crippen molar-refractivity contribution in [3.05, 3.63) is 0 Å². The fourth-order valence-electron chi connectivity index (χ4n) is 1.32. The standard InChI is InChI=1S/C7H17N2O2S/c1-9(2)6-4-8(5-7-9)12(3,10)11/h4-7H2,1-3H3/q+1. The van der Waals surface area contributed by atoms with Crippen molar-refractivity contribution in [2.24, 2.45) is 0 Å². The smallest absolute Gasteiger partial charge is 0.211 e. The quantitative estimate of drug-likeness (QED) is 0.518. The Bertz CT molecular complexity index is 249. The second-order valence-corrected chi connectivity index (χ2v) is 6.03. The third-order valence-corrected chi connectivity index (χ3v) is 3.68. The van der Waals surface area contributed by atoms with Gasteiger partial charge in [0.25, 0.3) is 0 Å². The van der Waals surface area contributed by atoms with Crippen LogP contribution >= 0.6 is 0 Å². The average molecular weight is 193 g/mol. The minimum atomic E-state index is -2.95. The Morgan fingerprint density at radius 1 is 1.17 bits per heavy atom. The van der Waals surface area contributed by atoms with E-state index in [4.69, 9.17) is 0 Å². The molecule has 1 saturated heterocycles. The van der Waals surface area contributed by atoms with Crippen molar-refractivity contribution >= 4 is 10.0 Å². The number of sulfonamides is 1. The van der Waals surface area contributed by atoms with Crippen LogP contribution in [0.4, 0.5) is 0 Å². The van der Waals surface area contributed by atoms with Gasteiger partial charge in [0.05, 0.1) is 46.5 Å². The van der Waals surface area contributed by atoms with Crippen molar-refractivity contribution in [2.45, 2.75) is 0 Å². The number of rotatable bonds is 1. The molecular formula is C7H17N2O2S+. The van der Waals surface area contributed by atoms with Crippen molar-refractivity contribution in [1.82, 2.24) is 4.31 Å². The predicted octanol–water partition coefficient (Wildman–Crippen LogP) is -0.662. The summed E-state index contributed by atoms with van der Waals surface area (Å²) < 4.78 is 24.7. The number of hydrogen-bond donors (Lipinski definition) is 0. The van der Waals surface area contributed by atoms with Gasteiger partial charge in [-0.1, -0.05) is 0 Å². The zero-order valence-corrected chi connectivity index (χ0v) is 8.76. The van der Waals surface area contributed by atoms with Crippen LogP contribution in [0.25, 0.3) is 0 Å². The second-order valence-electron chi connectivity index (χ2n) is 4.04. The first-order valence-corrected chi connectivity index (χ1v) is 5.93. The zero-order chi connectivity index (χ0) is 9.41. The second kappa shape index (κ2) is 2.97. The van der Waals surface area contributed by atoms with Crippen LogP contribution in [0.15, 0.2) is 0 Å². The predicted molar refractivity (Wildman–Crippen MR) is 48.3 cm³/mol. The topological polar surface area (TPSA) is 37.4 Å². The Morgan fingerprint density at radius 3 is 1.92 bits per heavy atom. The lowest BCUT2D eigenvalue weighted by Crippen LogP contribution is -2.55. The van der Waals surface area contributed by atoms with Crippen LogP contribution < -0.4 is 0 Å². The summed E-state index contributed by atoms with van der Waals surface area (Å²) in [6.07, 6.45) is 1.28. The van der Waals surface area contributed by atoms with Crippen molar-refractivity contribution in [1.29, 1.82) is 0 Å². The lowest BCUT2D eigenvalue weighted by atomic mass is 10.3. The highest BCUT2D eigenvalue weighted by atomic mass is 32.2. The van der Waals surface area contributed by atoms with Gasteiger partial charge in [-0.2, -0.15) is 4.31 Å². The number of quaternary nitrogens is 1. The van der Waals surface area contributed by atoms with Gasteiger partial charge < -0.3 is 4.48 Å². The first-order valence-electron chi connectivity index (χ1n) is 4.08. The maximum absolute atomic E-state index is 11.1. The van der Waals surface area contributed by atoms with Crippen LogP contribution in [0.1, 0.15) is 0 Å². The molecule has 0 N–H and O–H groups in total. The highest BCUT2D eigenvalue weighted by molar-refractivity contribution is 7.88. The van der Waals surface area contributed by atoms with Gasteiger partial charge in [0.15, 0.2) is 0 Å². The minimum Gasteiger partial charge on any atom is -0.326 e. The maximum atomic E-state index is 11.1. The van der Waals surface area contributed by atoms with E-state index in [2.05, 4.69) is 14.1 Å². The van der Waals surface area contributed by atoms with Crippen molar-refractivity contribution in [3.8, 4) is 0 Å². The van der Waals surface area contributed by atoms with Gasteiger partial charge in [-0.25, -0.2) is 8.42 Å². The molecule has 0 aromatic carbocycles. The van der Waals surface area contributed by atoms with Crippen LogP contribution in [-0.2, 0) is 10.0 Å². The molecular weight excluding hydrogens is 176 g/mol. The number of piperazine rings is 1. The Balaban J connectivity index is 2.59. The largest absolute Gasteiger partial charge is 0.326 e. The Hall–Kier alpha value is -0.130. The maximum Gasteiger partial charge on any atom is 0.211 e. The molecule has 0 aromatic heterocycles. The molecule has 0 aliphatic carbocycles. The highest BCUT2D eigenvalue weighted by Gasteiger charge is 2.28. The van der Waals surface area contributed by atoms with Gasteiger partial charge in [0.1, 0.15) is 0 Å². The summed E-state index contributed by atoms with van der Waals surface area (Å²) in [5, 5.41) is 0. The van der Waals surface area contributed by atoms with Crippen molar-refractivity contribution in [3.63, 3.8) is 0 Å². The molecule has 0 aromatic rings. The molecule has 0 spiro atoms. The first-order chi connectivity index (χ1) is 5.31. The van der Waals surface area contributed by atoms with Crippen LogP contribution in [-0.4, -0.2) is 63.7 Å². The van der Waals surface area contributed by atoms with E-state index in [1.807, 2.05) is 0 Å². The van der Waals surface area contributed by atoms with Crippen LogP contribution in [0, 0.1) is 0 Å². The van der Waals surface area contributed by atoms with Gasteiger partial charge in [-0.15, -0.1) is 0 Å². The molecule has 1 fully saturated rings. The van der Waals surface area contributed by atoms with Crippen molar-refractivity contribution < 1.29 is 12.9 Å². The van der Waals surface area contributed by atoms with E-state index in [1.54, 1.807) is 4.31 Å². The summed E-state index contributed by atoms with van der Waals surface area (Å²) in [5.74, 6) is 0. The van der Waals surface area contributed by atoms with Gasteiger partial charge in [0, 0.05) is 0 Å². The molecule has 0 saturated carbocycles. The van der Waals surface area contributed by atoms with Gasteiger partial charge >= 0.3 is 0 Å². The Morgan fingerprint density at radius 2 is 1.58 bits per heavy atom. The van der Waals surface area contributed by atoms with Gasteiger partial charge in [-0.05, 0) is 0 Å². The molecule has 0 radical (unpaired) electrons. The van der Waals surface area contributed by atoms with Crippen LogP contribution in [0.3, 0.4) is 0 Å². The van der Waals surface area contributed by atoms with E-state index >= 15 is 0 Å². The van der Waals surface area contributed by atoms with E-state index in [0.29, 0.717) is 13.1 Å². The van der Waals surface area contributed by atoms with E-state index in [1.165, 1.54) is 6.26 Å². The third kappa shape index (κ3) is 2.43. The average Bonchev–Trinajstić information content (AvgIpc) is 1.83. The molecule has 1 rings (SSSR count).